The highest BCUT2D eigenvalue weighted by Gasteiger charge is 2.30. The summed E-state index contributed by atoms with van der Waals surface area (Å²) in [5.74, 6) is -0.210. The average Bonchev–Trinajstić information content (AvgIpc) is 2.94. The first-order chi connectivity index (χ1) is 13.8. The smallest absolute Gasteiger partial charge is 0.308 e. The van der Waals surface area contributed by atoms with Gasteiger partial charge in [-0.2, -0.15) is 0 Å². The summed E-state index contributed by atoms with van der Waals surface area (Å²) in [5, 5.41) is 2.97. The SMILES string of the molecule is C[C@H](OC(=O)CCN=C1NS(=O)(=O)c2ccccc21)C(=O)N[C@@H]1CCCC[C@H]1C. The quantitative estimate of drug-likeness (QED) is 0.679. The predicted molar refractivity (Wildman–Crippen MR) is 108 cm³/mol. The first kappa shape index (κ1) is 21.3. The van der Waals surface area contributed by atoms with Crippen molar-refractivity contribution >= 4 is 27.7 Å². The molecule has 2 N–H and O–H groups in total. The number of ether oxygens (including phenoxy) is 1. The van der Waals surface area contributed by atoms with Crippen LogP contribution < -0.4 is 10.0 Å². The van der Waals surface area contributed by atoms with E-state index in [0.29, 0.717) is 11.5 Å². The van der Waals surface area contributed by atoms with E-state index in [9.17, 15) is 18.0 Å². The summed E-state index contributed by atoms with van der Waals surface area (Å²) >= 11 is 0. The molecule has 0 spiro atoms. The van der Waals surface area contributed by atoms with Crippen LogP contribution in [0.2, 0.25) is 0 Å². The minimum atomic E-state index is -3.60. The highest BCUT2D eigenvalue weighted by atomic mass is 32.2. The lowest BCUT2D eigenvalue weighted by Crippen LogP contribution is -2.46. The third-order valence-corrected chi connectivity index (χ3v) is 6.76. The van der Waals surface area contributed by atoms with Crippen molar-refractivity contribution in [2.24, 2.45) is 10.9 Å². The van der Waals surface area contributed by atoms with Crippen LogP contribution in [-0.4, -0.2) is 44.8 Å². The molecular weight excluding hydrogens is 394 g/mol. The third kappa shape index (κ3) is 5.14. The molecule has 0 unspecified atom stereocenters. The summed E-state index contributed by atoms with van der Waals surface area (Å²) < 4.78 is 31.7. The molecular formula is C20H27N3O5S. The minimum absolute atomic E-state index is 0.0507. The zero-order chi connectivity index (χ0) is 21.0. The Morgan fingerprint density at radius 2 is 2.00 bits per heavy atom. The maximum absolute atomic E-state index is 12.3. The molecule has 1 aliphatic carbocycles. The van der Waals surface area contributed by atoms with Gasteiger partial charge in [-0.15, -0.1) is 0 Å². The second kappa shape index (κ2) is 8.94. The van der Waals surface area contributed by atoms with E-state index in [1.165, 1.54) is 12.5 Å². The van der Waals surface area contributed by atoms with Crippen molar-refractivity contribution in [1.29, 1.82) is 0 Å². The van der Waals surface area contributed by atoms with Crippen LogP contribution in [0.3, 0.4) is 0 Å². The van der Waals surface area contributed by atoms with Gasteiger partial charge in [0.2, 0.25) is 0 Å². The molecule has 8 nitrogen and oxygen atoms in total. The van der Waals surface area contributed by atoms with Crippen molar-refractivity contribution in [3.63, 3.8) is 0 Å². The molecule has 1 aromatic carbocycles. The van der Waals surface area contributed by atoms with Gasteiger partial charge in [0.15, 0.2) is 6.10 Å². The predicted octanol–water partition coefficient (Wildman–Crippen LogP) is 1.74. The van der Waals surface area contributed by atoms with Gasteiger partial charge >= 0.3 is 5.97 Å². The van der Waals surface area contributed by atoms with Crippen LogP contribution in [0, 0.1) is 5.92 Å². The van der Waals surface area contributed by atoms with E-state index in [-0.39, 0.29) is 35.6 Å². The number of esters is 1. The van der Waals surface area contributed by atoms with E-state index in [4.69, 9.17) is 4.74 Å². The number of hydrogen-bond donors (Lipinski definition) is 2. The lowest BCUT2D eigenvalue weighted by Gasteiger charge is -2.30. The molecule has 29 heavy (non-hydrogen) atoms. The van der Waals surface area contributed by atoms with E-state index >= 15 is 0 Å². The first-order valence-electron chi connectivity index (χ1n) is 9.94. The molecule has 2 aliphatic rings. The minimum Gasteiger partial charge on any atom is -0.452 e. The average molecular weight is 422 g/mol. The van der Waals surface area contributed by atoms with Crippen LogP contribution in [0.5, 0.6) is 0 Å². The fraction of sp³-hybridized carbons (Fsp3) is 0.550. The van der Waals surface area contributed by atoms with Crippen molar-refractivity contribution in [3.8, 4) is 0 Å². The number of hydrogen-bond acceptors (Lipinski definition) is 6. The Morgan fingerprint density at radius 1 is 1.28 bits per heavy atom. The zero-order valence-electron chi connectivity index (χ0n) is 16.7. The lowest BCUT2D eigenvalue weighted by molar-refractivity contribution is -0.155. The van der Waals surface area contributed by atoms with Gasteiger partial charge in [0.1, 0.15) is 5.84 Å². The number of benzene rings is 1. The second-order valence-electron chi connectivity index (χ2n) is 7.59. The molecule has 1 amide bonds. The monoisotopic (exact) mass is 421 g/mol. The summed E-state index contributed by atoms with van der Waals surface area (Å²) in [6, 6.07) is 6.64. The molecule has 158 valence electrons. The van der Waals surface area contributed by atoms with Gasteiger partial charge < -0.3 is 10.1 Å². The molecule has 0 bridgehead atoms. The molecule has 0 saturated heterocycles. The van der Waals surface area contributed by atoms with Gasteiger partial charge in [-0.05, 0) is 37.8 Å². The van der Waals surface area contributed by atoms with Crippen molar-refractivity contribution < 1.29 is 22.7 Å². The van der Waals surface area contributed by atoms with Gasteiger partial charge in [-0.25, -0.2) is 8.42 Å². The summed E-state index contributed by atoms with van der Waals surface area (Å²) in [4.78, 5) is 28.7. The molecule has 1 saturated carbocycles. The van der Waals surface area contributed by atoms with E-state index in [1.54, 1.807) is 25.1 Å². The van der Waals surface area contributed by atoms with Crippen LogP contribution in [0.1, 0.15) is 51.5 Å². The number of fused-ring (bicyclic) bond motifs is 1. The number of carbonyl (C=O) groups excluding carboxylic acids is 2. The normalized spacial score (nSPS) is 25.0. The Bertz CT molecular complexity index is 912. The number of aliphatic imine (C=N–C) groups is 1. The van der Waals surface area contributed by atoms with Gasteiger partial charge in [-0.3, -0.25) is 19.3 Å². The Labute approximate surface area is 171 Å². The topological polar surface area (TPSA) is 114 Å². The number of nitrogens with zero attached hydrogens (tertiary/aromatic N) is 1. The Hall–Kier alpha value is -2.42. The molecule has 0 radical (unpaired) electrons. The second-order valence-corrected chi connectivity index (χ2v) is 9.24. The number of amidine groups is 1. The number of rotatable bonds is 6. The van der Waals surface area contributed by atoms with Crippen LogP contribution in [0.4, 0.5) is 0 Å². The molecule has 9 heteroatoms. The third-order valence-electron chi connectivity index (χ3n) is 5.37. The summed E-state index contributed by atoms with van der Waals surface area (Å²) in [5.41, 5.74) is 0.482. The van der Waals surface area contributed by atoms with E-state index in [0.717, 1.165) is 19.3 Å². The number of carbonyl (C=O) groups is 2. The Balaban J connectivity index is 1.49. The van der Waals surface area contributed by atoms with Gasteiger partial charge in [0, 0.05) is 11.6 Å². The molecule has 1 heterocycles. The largest absolute Gasteiger partial charge is 0.452 e. The lowest BCUT2D eigenvalue weighted by atomic mass is 9.86. The Kier molecular flexibility index (Phi) is 6.56. The summed E-state index contributed by atoms with van der Waals surface area (Å²) in [7, 11) is -3.60. The summed E-state index contributed by atoms with van der Waals surface area (Å²) in [6.07, 6.45) is 3.38. The number of amides is 1. The molecule has 1 aliphatic heterocycles. The maximum atomic E-state index is 12.3. The molecule has 1 aromatic rings. The van der Waals surface area contributed by atoms with Gasteiger partial charge in [-0.1, -0.05) is 31.9 Å². The van der Waals surface area contributed by atoms with Crippen molar-refractivity contribution in [1.82, 2.24) is 10.0 Å². The molecule has 0 aromatic heterocycles. The van der Waals surface area contributed by atoms with Crippen LogP contribution in [0.25, 0.3) is 0 Å². The maximum Gasteiger partial charge on any atom is 0.308 e. The van der Waals surface area contributed by atoms with E-state index in [2.05, 4.69) is 22.0 Å². The molecule has 3 rings (SSSR count). The van der Waals surface area contributed by atoms with Crippen LogP contribution >= 0.6 is 0 Å². The van der Waals surface area contributed by atoms with E-state index < -0.39 is 22.1 Å². The molecule has 1 fully saturated rings. The van der Waals surface area contributed by atoms with Crippen molar-refractivity contribution in [3.05, 3.63) is 29.8 Å². The van der Waals surface area contributed by atoms with Gasteiger partial charge in [0.25, 0.3) is 15.9 Å². The fourth-order valence-electron chi connectivity index (χ4n) is 3.65. The molecule has 3 atom stereocenters. The standard InChI is InChI=1S/C20H27N3O5S/c1-13-7-3-5-9-16(13)22-20(25)14(2)28-18(24)11-12-21-19-15-8-4-6-10-17(15)29(26,27)23-19/h4,6,8,10,13-14,16H,3,5,7,9,11-12H2,1-2H3,(H,21,23)(H,22,25)/t13-,14+,16-/m1/s1. The number of sulfonamides is 1. The Morgan fingerprint density at radius 3 is 2.76 bits per heavy atom. The highest BCUT2D eigenvalue weighted by Crippen LogP contribution is 2.24. The van der Waals surface area contributed by atoms with Crippen LogP contribution in [-0.2, 0) is 24.3 Å². The first-order valence-corrected chi connectivity index (χ1v) is 11.4. The van der Waals surface area contributed by atoms with Crippen LogP contribution in [0.15, 0.2) is 34.2 Å². The highest BCUT2D eigenvalue weighted by molar-refractivity contribution is 7.90. The van der Waals surface area contributed by atoms with Gasteiger partial charge in [0.05, 0.1) is 17.9 Å². The number of nitrogens with one attached hydrogen (secondary N) is 2. The summed E-state index contributed by atoms with van der Waals surface area (Å²) in [6.45, 7) is 3.72. The fourth-order valence-corrected chi connectivity index (χ4v) is 4.90. The van der Waals surface area contributed by atoms with Crippen molar-refractivity contribution in [2.75, 3.05) is 6.54 Å². The van der Waals surface area contributed by atoms with Crippen molar-refractivity contribution in [2.45, 2.75) is 63.0 Å². The zero-order valence-corrected chi connectivity index (χ0v) is 17.5. The van der Waals surface area contributed by atoms with E-state index in [1.807, 2.05) is 0 Å².